The Kier molecular flexibility index (Phi) is 4.15. The minimum Gasteiger partial charge on any atom is -0.348 e. The third-order valence-electron chi connectivity index (χ3n) is 2.55. The molecule has 0 fully saturated rings. The average molecular weight is 308 g/mol. The Morgan fingerprint density at radius 1 is 1.50 bits per heavy atom. The number of aryl methyl sites for hydroxylation is 1. The van der Waals surface area contributed by atoms with Crippen LogP contribution in [-0.4, -0.2) is 15.7 Å². The van der Waals surface area contributed by atoms with Gasteiger partial charge in [-0.2, -0.15) is 5.10 Å². The van der Waals surface area contributed by atoms with Crippen molar-refractivity contribution < 1.29 is 4.79 Å². The predicted octanol–water partition coefficient (Wildman–Crippen LogP) is 2.60. The summed E-state index contributed by atoms with van der Waals surface area (Å²) in [7, 11) is 0. The molecule has 0 saturated heterocycles. The number of carbonyl (C=O) groups excluding carboxylic acids is 1. The lowest BCUT2D eigenvalue weighted by molar-refractivity contribution is 0.0951. The molecule has 0 spiro atoms. The molecule has 94 valence electrons. The fourth-order valence-corrected chi connectivity index (χ4v) is 1.98. The molecule has 0 radical (unpaired) electrons. The van der Waals surface area contributed by atoms with Crippen molar-refractivity contribution in [2.24, 2.45) is 0 Å². The molecule has 0 saturated carbocycles. The van der Waals surface area contributed by atoms with E-state index in [9.17, 15) is 4.79 Å². The lowest BCUT2D eigenvalue weighted by atomic mass is 10.2. The Morgan fingerprint density at radius 2 is 2.33 bits per heavy atom. The van der Waals surface area contributed by atoms with E-state index < -0.39 is 0 Å². The van der Waals surface area contributed by atoms with Gasteiger partial charge in [-0.25, -0.2) is 0 Å². The standard InChI is InChI=1S/C13H14BrN3O/c1-2-17-9-10(8-16-17)7-15-13(18)11-4-3-5-12(14)6-11/h3-6,8-9H,2,7H2,1H3,(H,15,18). The van der Waals surface area contributed by atoms with Crippen molar-refractivity contribution in [3.8, 4) is 0 Å². The number of nitrogens with zero attached hydrogens (tertiary/aromatic N) is 2. The molecule has 1 aromatic heterocycles. The van der Waals surface area contributed by atoms with Crippen molar-refractivity contribution >= 4 is 21.8 Å². The van der Waals surface area contributed by atoms with Crippen LogP contribution in [0.4, 0.5) is 0 Å². The van der Waals surface area contributed by atoms with Crippen LogP contribution in [0.3, 0.4) is 0 Å². The predicted molar refractivity (Wildman–Crippen MR) is 73.2 cm³/mol. The molecule has 0 aliphatic rings. The van der Waals surface area contributed by atoms with Crippen molar-refractivity contribution in [3.63, 3.8) is 0 Å². The summed E-state index contributed by atoms with van der Waals surface area (Å²) in [6.45, 7) is 3.35. The van der Waals surface area contributed by atoms with Crippen molar-refractivity contribution in [1.82, 2.24) is 15.1 Å². The second-order valence-electron chi connectivity index (χ2n) is 3.90. The lowest BCUT2D eigenvalue weighted by Crippen LogP contribution is -2.22. The zero-order valence-electron chi connectivity index (χ0n) is 10.1. The molecule has 2 aromatic rings. The summed E-state index contributed by atoms with van der Waals surface area (Å²) in [4.78, 5) is 11.9. The first-order chi connectivity index (χ1) is 8.69. The normalized spacial score (nSPS) is 10.3. The Morgan fingerprint density at radius 3 is 3.00 bits per heavy atom. The highest BCUT2D eigenvalue weighted by Crippen LogP contribution is 2.11. The minimum absolute atomic E-state index is 0.0828. The van der Waals surface area contributed by atoms with Crippen LogP contribution in [0.2, 0.25) is 0 Å². The molecular formula is C13H14BrN3O. The zero-order valence-corrected chi connectivity index (χ0v) is 11.6. The maximum absolute atomic E-state index is 11.9. The number of hydrogen-bond acceptors (Lipinski definition) is 2. The fourth-order valence-electron chi connectivity index (χ4n) is 1.58. The van der Waals surface area contributed by atoms with Gasteiger partial charge in [0.25, 0.3) is 5.91 Å². The highest BCUT2D eigenvalue weighted by molar-refractivity contribution is 9.10. The Labute approximate surface area is 114 Å². The highest BCUT2D eigenvalue weighted by atomic mass is 79.9. The quantitative estimate of drug-likeness (QED) is 0.944. The first-order valence-corrected chi connectivity index (χ1v) is 6.53. The van der Waals surface area contributed by atoms with Gasteiger partial charge in [0.1, 0.15) is 0 Å². The van der Waals surface area contributed by atoms with Gasteiger partial charge in [0, 0.05) is 34.9 Å². The van der Waals surface area contributed by atoms with E-state index in [0.29, 0.717) is 12.1 Å². The summed E-state index contributed by atoms with van der Waals surface area (Å²) in [5.74, 6) is -0.0828. The highest BCUT2D eigenvalue weighted by Gasteiger charge is 2.06. The molecule has 5 heteroatoms. The largest absolute Gasteiger partial charge is 0.348 e. The van der Waals surface area contributed by atoms with Gasteiger partial charge in [-0.15, -0.1) is 0 Å². The Bertz CT molecular complexity index is 551. The number of hydrogen-bond donors (Lipinski definition) is 1. The Balaban J connectivity index is 1.96. The number of amides is 1. The van der Waals surface area contributed by atoms with Crippen molar-refractivity contribution in [2.45, 2.75) is 20.0 Å². The van der Waals surface area contributed by atoms with Gasteiger partial charge in [-0.1, -0.05) is 22.0 Å². The summed E-state index contributed by atoms with van der Waals surface area (Å²) in [6.07, 6.45) is 3.70. The van der Waals surface area contributed by atoms with Gasteiger partial charge in [-0.3, -0.25) is 9.48 Å². The van der Waals surface area contributed by atoms with E-state index in [1.807, 2.05) is 29.9 Å². The molecule has 0 atom stereocenters. The molecular weight excluding hydrogens is 294 g/mol. The maximum Gasteiger partial charge on any atom is 0.251 e. The lowest BCUT2D eigenvalue weighted by Gasteiger charge is -2.03. The summed E-state index contributed by atoms with van der Waals surface area (Å²) >= 11 is 3.35. The van der Waals surface area contributed by atoms with E-state index in [1.54, 1.807) is 18.3 Å². The van der Waals surface area contributed by atoms with Gasteiger partial charge in [0.05, 0.1) is 6.20 Å². The van der Waals surface area contributed by atoms with Crippen LogP contribution in [0.25, 0.3) is 0 Å². The Hall–Kier alpha value is -1.62. The molecule has 1 aromatic carbocycles. The van der Waals surface area contributed by atoms with E-state index in [0.717, 1.165) is 16.6 Å². The number of rotatable bonds is 4. The third-order valence-corrected chi connectivity index (χ3v) is 3.04. The third kappa shape index (κ3) is 3.20. The molecule has 4 nitrogen and oxygen atoms in total. The molecule has 0 unspecified atom stereocenters. The monoisotopic (exact) mass is 307 g/mol. The van der Waals surface area contributed by atoms with E-state index in [4.69, 9.17) is 0 Å². The van der Waals surface area contributed by atoms with Gasteiger partial charge < -0.3 is 5.32 Å². The van der Waals surface area contributed by atoms with Gasteiger partial charge >= 0.3 is 0 Å². The molecule has 1 amide bonds. The smallest absolute Gasteiger partial charge is 0.251 e. The minimum atomic E-state index is -0.0828. The van der Waals surface area contributed by atoms with Crippen molar-refractivity contribution in [1.29, 1.82) is 0 Å². The molecule has 0 bridgehead atoms. The number of benzene rings is 1. The maximum atomic E-state index is 11.9. The average Bonchev–Trinajstić information content (AvgIpc) is 2.84. The van der Waals surface area contributed by atoms with Crippen molar-refractivity contribution in [2.75, 3.05) is 0 Å². The summed E-state index contributed by atoms with van der Waals surface area (Å²) < 4.78 is 2.73. The van der Waals surface area contributed by atoms with Gasteiger partial charge in [-0.05, 0) is 25.1 Å². The van der Waals surface area contributed by atoms with E-state index in [1.165, 1.54) is 0 Å². The SMILES string of the molecule is CCn1cc(CNC(=O)c2cccc(Br)c2)cn1. The molecule has 1 N–H and O–H groups in total. The zero-order chi connectivity index (χ0) is 13.0. The van der Waals surface area contributed by atoms with Crippen LogP contribution >= 0.6 is 15.9 Å². The first-order valence-electron chi connectivity index (χ1n) is 5.74. The van der Waals surface area contributed by atoms with E-state index in [-0.39, 0.29) is 5.91 Å². The fraction of sp³-hybridized carbons (Fsp3) is 0.231. The number of nitrogens with one attached hydrogen (secondary N) is 1. The van der Waals surface area contributed by atoms with Crippen LogP contribution in [0.1, 0.15) is 22.8 Å². The van der Waals surface area contributed by atoms with Crippen molar-refractivity contribution in [3.05, 3.63) is 52.3 Å². The van der Waals surface area contributed by atoms with Crippen LogP contribution in [0.15, 0.2) is 41.1 Å². The summed E-state index contributed by atoms with van der Waals surface area (Å²) in [6, 6.07) is 7.32. The van der Waals surface area contributed by atoms with E-state index >= 15 is 0 Å². The van der Waals surface area contributed by atoms with Crippen LogP contribution in [0, 0.1) is 0 Å². The van der Waals surface area contributed by atoms with Crippen LogP contribution in [0.5, 0.6) is 0 Å². The molecule has 18 heavy (non-hydrogen) atoms. The topological polar surface area (TPSA) is 46.9 Å². The summed E-state index contributed by atoms with van der Waals surface area (Å²) in [5, 5.41) is 7.02. The number of carbonyl (C=O) groups is 1. The van der Waals surface area contributed by atoms with Gasteiger partial charge in [0.2, 0.25) is 0 Å². The molecule has 0 aliphatic heterocycles. The second-order valence-corrected chi connectivity index (χ2v) is 4.81. The number of aromatic nitrogens is 2. The van der Waals surface area contributed by atoms with Crippen LogP contribution < -0.4 is 5.32 Å². The number of halogens is 1. The van der Waals surface area contributed by atoms with Crippen LogP contribution in [-0.2, 0) is 13.1 Å². The van der Waals surface area contributed by atoms with Gasteiger partial charge in [0.15, 0.2) is 0 Å². The molecule has 0 aliphatic carbocycles. The molecule has 2 rings (SSSR count). The first kappa shape index (κ1) is 12.8. The summed E-state index contributed by atoms with van der Waals surface area (Å²) in [5.41, 5.74) is 1.65. The second kappa shape index (κ2) is 5.82. The molecule has 1 heterocycles. The van der Waals surface area contributed by atoms with E-state index in [2.05, 4.69) is 26.3 Å².